The molecular formula is C16H14F3N3O2. The monoisotopic (exact) mass is 337 g/mol. The molecule has 126 valence electrons. The van der Waals surface area contributed by atoms with Gasteiger partial charge in [-0.05, 0) is 42.0 Å². The number of halogens is 3. The van der Waals surface area contributed by atoms with Crippen LogP contribution in [0.1, 0.15) is 11.1 Å². The topological polar surface area (TPSA) is 84.2 Å². The lowest BCUT2D eigenvalue weighted by Crippen LogP contribution is -2.19. The van der Waals surface area contributed by atoms with E-state index in [1.54, 1.807) is 24.3 Å². The van der Waals surface area contributed by atoms with Gasteiger partial charge >= 0.3 is 12.2 Å². The maximum absolute atomic E-state index is 12.5. The number of benzene rings is 2. The van der Waals surface area contributed by atoms with Crippen LogP contribution in [-0.4, -0.2) is 11.9 Å². The molecule has 0 aliphatic carbocycles. The second kappa shape index (κ2) is 7.03. The van der Waals surface area contributed by atoms with Gasteiger partial charge in [-0.3, -0.25) is 4.79 Å². The number of primary amides is 1. The van der Waals surface area contributed by atoms with Crippen LogP contribution in [0.25, 0.3) is 0 Å². The van der Waals surface area contributed by atoms with Crippen molar-refractivity contribution in [2.45, 2.75) is 12.6 Å². The predicted octanol–water partition coefficient (Wildman–Crippen LogP) is 3.38. The molecule has 8 heteroatoms. The Morgan fingerprint density at radius 3 is 1.83 bits per heavy atom. The summed E-state index contributed by atoms with van der Waals surface area (Å²) in [4.78, 5) is 22.6. The third kappa shape index (κ3) is 5.01. The van der Waals surface area contributed by atoms with Gasteiger partial charge in [-0.15, -0.1) is 0 Å². The van der Waals surface area contributed by atoms with Crippen molar-refractivity contribution in [2.24, 2.45) is 5.73 Å². The number of hydrogen-bond acceptors (Lipinski definition) is 2. The lowest BCUT2D eigenvalue weighted by atomic mass is 10.1. The summed E-state index contributed by atoms with van der Waals surface area (Å²) in [7, 11) is 0. The van der Waals surface area contributed by atoms with Gasteiger partial charge in [0.2, 0.25) is 5.91 Å². The molecule has 0 aliphatic rings. The maximum Gasteiger partial charge on any atom is 0.416 e. The van der Waals surface area contributed by atoms with Crippen molar-refractivity contribution in [3.05, 3.63) is 59.7 Å². The first-order valence-electron chi connectivity index (χ1n) is 6.86. The lowest BCUT2D eigenvalue weighted by Gasteiger charge is -2.09. The largest absolute Gasteiger partial charge is 0.416 e. The molecule has 0 saturated carbocycles. The van der Waals surface area contributed by atoms with E-state index in [0.717, 1.165) is 12.1 Å². The first kappa shape index (κ1) is 17.3. The number of urea groups is 1. The van der Waals surface area contributed by atoms with E-state index < -0.39 is 17.8 Å². The Morgan fingerprint density at radius 2 is 1.38 bits per heavy atom. The van der Waals surface area contributed by atoms with E-state index in [-0.39, 0.29) is 12.3 Å². The fraction of sp³-hybridized carbons (Fsp3) is 0.125. The molecule has 24 heavy (non-hydrogen) atoms. The summed E-state index contributed by atoms with van der Waals surface area (Å²) >= 11 is 0. The standard InChI is InChI=1S/C16H14F3N3O2/c17-16(18,19)11-3-1-10(2-4-11)9-14(23)21-12-5-7-13(8-6-12)22-15(20)24/h1-8H,9H2,(H,21,23)(H3,20,22,24). The molecule has 0 radical (unpaired) electrons. The summed E-state index contributed by atoms with van der Waals surface area (Å²) in [5.74, 6) is -0.370. The molecule has 0 heterocycles. The molecular weight excluding hydrogens is 323 g/mol. The molecule has 5 nitrogen and oxygen atoms in total. The van der Waals surface area contributed by atoms with E-state index in [1.165, 1.54) is 12.1 Å². The number of nitrogens with one attached hydrogen (secondary N) is 2. The second-order valence-corrected chi connectivity index (χ2v) is 4.99. The van der Waals surface area contributed by atoms with Crippen LogP contribution >= 0.6 is 0 Å². The van der Waals surface area contributed by atoms with E-state index in [1.807, 2.05) is 0 Å². The highest BCUT2D eigenvalue weighted by molar-refractivity contribution is 5.93. The molecule has 2 rings (SSSR count). The number of nitrogens with two attached hydrogens (primary N) is 1. The van der Waals surface area contributed by atoms with Gasteiger partial charge in [0.1, 0.15) is 0 Å². The number of amides is 3. The SMILES string of the molecule is NC(=O)Nc1ccc(NC(=O)Cc2ccc(C(F)(F)F)cc2)cc1. The Hall–Kier alpha value is -3.03. The van der Waals surface area contributed by atoms with Crippen LogP contribution < -0.4 is 16.4 Å². The van der Waals surface area contributed by atoms with Crippen molar-refractivity contribution in [1.29, 1.82) is 0 Å². The van der Waals surface area contributed by atoms with Crippen LogP contribution in [-0.2, 0) is 17.4 Å². The molecule has 0 bridgehead atoms. The molecule has 4 N–H and O–H groups in total. The number of hydrogen-bond donors (Lipinski definition) is 3. The molecule has 2 aromatic rings. The molecule has 0 unspecified atom stereocenters. The lowest BCUT2D eigenvalue weighted by molar-refractivity contribution is -0.137. The van der Waals surface area contributed by atoms with Crippen molar-refractivity contribution < 1.29 is 22.8 Å². The average molecular weight is 337 g/mol. The molecule has 0 atom stereocenters. The van der Waals surface area contributed by atoms with Crippen LogP contribution in [0.4, 0.5) is 29.3 Å². The van der Waals surface area contributed by atoms with Gasteiger partial charge in [0.05, 0.1) is 12.0 Å². The third-order valence-corrected chi connectivity index (χ3v) is 3.08. The molecule has 0 fully saturated rings. The minimum absolute atomic E-state index is 0.0561. The smallest absolute Gasteiger partial charge is 0.351 e. The van der Waals surface area contributed by atoms with Gasteiger partial charge in [-0.1, -0.05) is 12.1 Å². The van der Waals surface area contributed by atoms with Crippen LogP contribution in [0.15, 0.2) is 48.5 Å². The van der Waals surface area contributed by atoms with E-state index in [0.29, 0.717) is 16.9 Å². The minimum Gasteiger partial charge on any atom is -0.351 e. The predicted molar refractivity (Wildman–Crippen MR) is 83.4 cm³/mol. The fourth-order valence-electron chi connectivity index (χ4n) is 1.98. The molecule has 3 amide bonds. The van der Waals surface area contributed by atoms with Crippen molar-refractivity contribution in [3.63, 3.8) is 0 Å². The zero-order valence-electron chi connectivity index (χ0n) is 12.4. The Kier molecular flexibility index (Phi) is 5.08. The number of alkyl halides is 3. The first-order valence-corrected chi connectivity index (χ1v) is 6.86. The van der Waals surface area contributed by atoms with E-state index in [2.05, 4.69) is 10.6 Å². The molecule has 2 aromatic carbocycles. The van der Waals surface area contributed by atoms with Gasteiger partial charge < -0.3 is 16.4 Å². The molecule has 0 spiro atoms. The van der Waals surface area contributed by atoms with Crippen LogP contribution in [0.3, 0.4) is 0 Å². The van der Waals surface area contributed by atoms with Crippen LogP contribution in [0.2, 0.25) is 0 Å². The van der Waals surface area contributed by atoms with Crippen molar-refractivity contribution >= 4 is 23.3 Å². The van der Waals surface area contributed by atoms with Crippen LogP contribution in [0.5, 0.6) is 0 Å². The Morgan fingerprint density at radius 1 is 0.875 bits per heavy atom. The molecule has 0 aromatic heterocycles. The second-order valence-electron chi connectivity index (χ2n) is 4.99. The Balaban J connectivity index is 1.94. The normalized spacial score (nSPS) is 11.0. The minimum atomic E-state index is -4.40. The Bertz CT molecular complexity index is 726. The van der Waals surface area contributed by atoms with Gasteiger partial charge in [-0.2, -0.15) is 13.2 Å². The van der Waals surface area contributed by atoms with Gasteiger partial charge in [0.25, 0.3) is 0 Å². The molecule has 0 saturated heterocycles. The summed E-state index contributed by atoms with van der Waals surface area (Å²) in [6, 6.07) is 9.95. The summed E-state index contributed by atoms with van der Waals surface area (Å²) < 4.78 is 37.4. The Labute approximate surface area is 135 Å². The summed E-state index contributed by atoms with van der Waals surface area (Å²) in [5.41, 5.74) is 5.64. The zero-order chi connectivity index (χ0) is 17.7. The van der Waals surface area contributed by atoms with Gasteiger partial charge in [0, 0.05) is 11.4 Å². The van der Waals surface area contributed by atoms with Crippen molar-refractivity contribution in [2.75, 3.05) is 10.6 Å². The first-order chi connectivity index (χ1) is 11.2. The van der Waals surface area contributed by atoms with Crippen molar-refractivity contribution in [3.8, 4) is 0 Å². The summed E-state index contributed by atoms with van der Waals surface area (Å²) in [5, 5.41) is 4.99. The van der Waals surface area contributed by atoms with Crippen LogP contribution in [0, 0.1) is 0 Å². The zero-order valence-corrected chi connectivity index (χ0v) is 12.4. The number of rotatable bonds is 4. The fourth-order valence-corrected chi connectivity index (χ4v) is 1.98. The quantitative estimate of drug-likeness (QED) is 0.799. The highest BCUT2D eigenvalue weighted by atomic mass is 19.4. The average Bonchev–Trinajstić information content (AvgIpc) is 2.48. The number of carbonyl (C=O) groups is 2. The number of carbonyl (C=O) groups excluding carboxylic acids is 2. The highest BCUT2D eigenvalue weighted by Crippen LogP contribution is 2.29. The van der Waals surface area contributed by atoms with Gasteiger partial charge in [-0.25, -0.2) is 4.79 Å². The highest BCUT2D eigenvalue weighted by Gasteiger charge is 2.29. The third-order valence-electron chi connectivity index (χ3n) is 3.08. The van der Waals surface area contributed by atoms with E-state index in [9.17, 15) is 22.8 Å². The molecule has 0 aliphatic heterocycles. The van der Waals surface area contributed by atoms with Crippen molar-refractivity contribution in [1.82, 2.24) is 0 Å². The summed E-state index contributed by atoms with van der Waals surface area (Å²) in [6.45, 7) is 0. The number of anilines is 2. The maximum atomic E-state index is 12.5. The van der Waals surface area contributed by atoms with E-state index >= 15 is 0 Å². The van der Waals surface area contributed by atoms with Gasteiger partial charge in [0.15, 0.2) is 0 Å². The van der Waals surface area contributed by atoms with E-state index in [4.69, 9.17) is 5.73 Å². The summed E-state index contributed by atoms with van der Waals surface area (Å²) in [6.07, 6.45) is -4.46.